The van der Waals surface area contributed by atoms with E-state index >= 15 is 0 Å². The van der Waals surface area contributed by atoms with Gasteiger partial charge >= 0.3 is 0 Å². The van der Waals surface area contributed by atoms with Gasteiger partial charge in [-0.3, -0.25) is 4.57 Å². The van der Waals surface area contributed by atoms with Crippen LogP contribution in [0.3, 0.4) is 0 Å². The monoisotopic (exact) mass is 443 g/mol. The molecule has 0 bridgehead atoms. The first-order valence-corrected chi connectivity index (χ1v) is 12.2. The van der Waals surface area contributed by atoms with Crippen LogP contribution in [0.1, 0.15) is 25.8 Å². The molecule has 3 aromatic rings. The van der Waals surface area contributed by atoms with Gasteiger partial charge in [-0.05, 0) is 43.2 Å². The molecule has 0 radical (unpaired) electrons. The molecule has 1 aromatic heterocycles. The Bertz CT molecular complexity index is 1070. The van der Waals surface area contributed by atoms with E-state index in [1.165, 1.54) is 25.6 Å². The molecule has 1 unspecified atom stereocenters. The summed E-state index contributed by atoms with van der Waals surface area (Å²) in [6.45, 7) is 4.31. The molecular weight excluding hydrogens is 416 g/mol. The van der Waals surface area contributed by atoms with Crippen molar-refractivity contribution in [1.29, 1.82) is 0 Å². The lowest BCUT2D eigenvalue weighted by atomic mass is 10.1. The number of methoxy groups -OCH3 is 1. The summed E-state index contributed by atoms with van der Waals surface area (Å²) in [4.78, 5) is 8.57. The predicted molar refractivity (Wildman–Crippen MR) is 122 cm³/mol. The number of nitrogens with zero attached hydrogens (tertiary/aromatic N) is 2. The van der Waals surface area contributed by atoms with E-state index in [1.807, 2.05) is 38.1 Å². The SMILES string of the molecule is CCCP(=O)(Cc1cccc(Nc2cc(-c3ccc(F)cc3OC)ncn2)c1)OCC. The van der Waals surface area contributed by atoms with Crippen LogP contribution >= 0.6 is 7.37 Å². The number of halogens is 1. The van der Waals surface area contributed by atoms with Gasteiger partial charge in [-0.15, -0.1) is 0 Å². The van der Waals surface area contributed by atoms with E-state index in [9.17, 15) is 8.96 Å². The molecule has 8 heteroatoms. The zero-order valence-electron chi connectivity index (χ0n) is 18.0. The predicted octanol–water partition coefficient (Wildman–Crippen LogP) is 6.26. The van der Waals surface area contributed by atoms with Gasteiger partial charge in [-0.25, -0.2) is 14.4 Å². The number of benzene rings is 2. The van der Waals surface area contributed by atoms with E-state index in [4.69, 9.17) is 9.26 Å². The van der Waals surface area contributed by atoms with Crippen LogP contribution in [0.2, 0.25) is 0 Å². The number of hydrogen-bond donors (Lipinski definition) is 1. The van der Waals surface area contributed by atoms with Crippen molar-refractivity contribution in [3.05, 3.63) is 66.2 Å². The second-order valence-electron chi connectivity index (χ2n) is 7.07. The summed E-state index contributed by atoms with van der Waals surface area (Å²) < 4.78 is 37.4. The summed E-state index contributed by atoms with van der Waals surface area (Å²) in [5.41, 5.74) is 3.02. The Hall–Kier alpha value is -2.76. The van der Waals surface area contributed by atoms with Crippen LogP contribution < -0.4 is 10.1 Å². The molecule has 2 aromatic carbocycles. The van der Waals surface area contributed by atoms with E-state index in [0.717, 1.165) is 17.7 Å². The summed E-state index contributed by atoms with van der Waals surface area (Å²) in [5.74, 6) is 0.599. The van der Waals surface area contributed by atoms with E-state index in [2.05, 4.69) is 15.3 Å². The van der Waals surface area contributed by atoms with Crippen molar-refractivity contribution in [3.8, 4) is 17.0 Å². The number of rotatable bonds is 10. The minimum atomic E-state index is -2.70. The number of hydrogen-bond acceptors (Lipinski definition) is 6. The van der Waals surface area contributed by atoms with Crippen LogP contribution in [0, 0.1) is 5.82 Å². The highest BCUT2D eigenvalue weighted by Gasteiger charge is 2.22. The molecule has 3 rings (SSSR count). The Kier molecular flexibility index (Phi) is 7.77. The second kappa shape index (κ2) is 10.5. The number of nitrogens with one attached hydrogen (secondary N) is 1. The highest BCUT2D eigenvalue weighted by Crippen LogP contribution is 2.50. The molecule has 31 heavy (non-hydrogen) atoms. The van der Waals surface area contributed by atoms with Gasteiger partial charge in [0, 0.05) is 35.7 Å². The molecule has 0 saturated heterocycles. The van der Waals surface area contributed by atoms with Crippen molar-refractivity contribution in [2.45, 2.75) is 26.4 Å². The Morgan fingerprint density at radius 2 is 1.94 bits per heavy atom. The van der Waals surface area contributed by atoms with Gasteiger partial charge < -0.3 is 14.6 Å². The van der Waals surface area contributed by atoms with E-state index in [-0.39, 0.29) is 5.82 Å². The second-order valence-corrected chi connectivity index (χ2v) is 9.72. The molecule has 1 atom stereocenters. The molecule has 0 aliphatic heterocycles. The summed E-state index contributed by atoms with van der Waals surface area (Å²) in [5, 5.41) is 3.26. The van der Waals surface area contributed by atoms with Gasteiger partial charge in [0.05, 0.1) is 19.4 Å². The maximum absolute atomic E-state index is 13.5. The van der Waals surface area contributed by atoms with Gasteiger partial charge in [0.1, 0.15) is 23.7 Å². The standard InChI is InChI=1S/C23H27FN3O3P/c1-4-11-31(28,30-5-2)15-17-7-6-8-19(12-17)27-23-14-21(25-16-26-23)20-10-9-18(24)13-22(20)29-3/h6-10,12-14,16H,4-5,11,15H2,1-3H3,(H,25,26,27). The third-order valence-corrected chi connectivity index (χ3v) is 7.36. The number of ether oxygens (including phenoxy) is 1. The molecule has 1 N–H and O–H groups in total. The molecule has 0 aliphatic rings. The largest absolute Gasteiger partial charge is 0.496 e. The van der Waals surface area contributed by atoms with Gasteiger partial charge in [-0.2, -0.15) is 0 Å². The van der Waals surface area contributed by atoms with Gasteiger partial charge in [0.15, 0.2) is 0 Å². The summed E-state index contributed by atoms with van der Waals surface area (Å²) in [6, 6.07) is 13.8. The lowest BCUT2D eigenvalue weighted by molar-refractivity contribution is 0.332. The van der Waals surface area contributed by atoms with Crippen LogP contribution in [0.4, 0.5) is 15.9 Å². The topological polar surface area (TPSA) is 73.3 Å². The van der Waals surface area contributed by atoms with E-state index < -0.39 is 7.37 Å². The first-order chi connectivity index (χ1) is 15.0. The fourth-order valence-corrected chi connectivity index (χ4v) is 5.67. The zero-order chi connectivity index (χ0) is 22.3. The third-order valence-electron chi connectivity index (χ3n) is 4.66. The minimum absolute atomic E-state index is 0.378. The highest BCUT2D eigenvalue weighted by molar-refractivity contribution is 7.58. The minimum Gasteiger partial charge on any atom is -0.496 e. The fourth-order valence-electron chi connectivity index (χ4n) is 3.39. The molecular formula is C23H27FN3O3P. The van der Waals surface area contributed by atoms with Crippen molar-refractivity contribution in [2.75, 3.05) is 25.2 Å². The van der Waals surface area contributed by atoms with Crippen LogP contribution in [0.25, 0.3) is 11.3 Å². The molecule has 164 valence electrons. The average molecular weight is 443 g/mol. The van der Waals surface area contributed by atoms with Crippen molar-refractivity contribution in [3.63, 3.8) is 0 Å². The normalized spacial score (nSPS) is 12.9. The lowest BCUT2D eigenvalue weighted by Crippen LogP contribution is -2.00. The zero-order valence-corrected chi connectivity index (χ0v) is 18.9. The molecule has 0 saturated carbocycles. The Labute approximate surface area is 182 Å². The van der Waals surface area contributed by atoms with E-state index in [1.54, 1.807) is 12.1 Å². The van der Waals surface area contributed by atoms with Crippen molar-refractivity contribution in [2.24, 2.45) is 0 Å². The maximum Gasteiger partial charge on any atom is 0.207 e. The molecule has 6 nitrogen and oxygen atoms in total. The smallest absolute Gasteiger partial charge is 0.207 e. The lowest BCUT2D eigenvalue weighted by Gasteiger charge is -2.17. The molecule has 1 heterocycles. The number of anilines is 2. The van der Waals surface area contributed by atoms with Gasteiger partial charge in [-0.1, -0.05) is 19.1 Å². The Balaban J connectivity index is 1.82. The summed E-state index contributed by atoms with van der Waals surface area (Å²) in [6.07, 6.45) is 3.21. The maximum atomic E-state index is 13.5. The quantitative estimate of drug-likeness (QED) is 0.373. The number of aromatic nitrogens is 2. The van der Waals surface area contributed by atoms with E-state index in [0.29, 0.717) is 41.8 Å². The average Bonchev–Trinajstić information content (AvgIpc) is 2.74. The Morgan fingerprint density at radius 1 is 1.10 bits per heavy atom. The first kappa shape index (κ1) is 22.9. The van der Waals surface area contributed by atoms with Crippen LogP contribution in [0.15, 0.2) is 54.9 Å². The fraction of sp³-hybridized carbons (Fsp3) is 0.304. The van der Waals surface area contributed by atoms with Crippen LogP contribution in [0.5, 0.6) is 5.75 Å². The van der Waals surface area contributed by atoms with Gasteiger partial charge in [0.2, 0.25) is 7.37 Å². The van der Waals surface area contributed by atoms with Gasteiger partial charge in [0.25, 0.3) is 0 Å². The van der Waals surface area contributed by atoms with Crippen LogP contribution in [-0.4, -0.2) is 29.8 Å². The Morgan fingerprint density at radius 3 is 2.68 bits per heavy atom. The first-order valence-electron chi connectivity index (χ1n) is 10.2. The third kappa shape index (κ3) is 6.12. The summed E-state index contributed by atoms with van der Waals surface area (Å²) >= 11 is 0. The van der Waals surface area contributed by atoms with Crippen molar-refractivity contribution < 1.29 is 18.2 Å². The summed E-state index contributed by atoms with van der Waals surface area (Å²) in [7, 11) is -1.21. The van der Waals surface area contributed by atoms with Crippen molar-refractivity contribution in [1.82, 2.24) is 9.97 Å². The molecule has 0 amide bonds. The van der Waals surface area contributed by atoms with Crippen molar-refractivity contribution >= 4 is 18.9 Å². The highest BCUT2D eigenvalue weighted by atomic mass is 31.2. The van der Waals surface area contributed by atoms with Crippen LogP contribution in [-0.2, 0) is 15.3 Å². The molecule has 0 aliphatic carbocycles. The molecule has 0 spiro atoms. The molecule has 0 fully saturated rings.